The highest BCUT2D eigenvalue weighted by atomic mass is 16.4. The molecule has 2 saturated heterocycles. The number of carbonyl (C=O) groups is 3. The molecule has 0 bridgehead atoms. The summed E-state index contributed by atoms with van der Waals surface area (Å²) < 4.78 is 0. The second-order valence-corrected chi connectivity index (χ2v) is 7.81. The van der Waals surface area contributed by atoms with E-state index in [0.717, 1.165) is 12.8 Å². The van der Waals surface area contributed by atoms with Gasteiger partial charge in [-0.2, -0.15) is 0 Å². The van der Waals surface area contributed by atoms with E-state index in [1.165, 1.54) is 0 Å². The number of hydrogen-bond donors (Lipinski definition) is 1. The van der Waals surface area contributed by atoms with Crippen molar-refractivity contribution in [3.8, 4) is 0 Å². The molecule has 0 aromatic carbocycles. The maximum absolute atomic E-state index is 13.1. The van der Waals surface area contributed by atoms with Gasteiger partial charge in [0.1, 0.15) is 6.04 Å². The third kappa shape index (κ3) is 4.48. The topological polar surface area (TPSA) is 77.9 Å². The normalized spacial score (nSPS) is 26.6. The van der Waals surface area contributed by atoms with Gasteiger partial charge in [-0.15, -0.1) is 0 Å². The van der Waals surface area contributed by atoms with Crippen LogP contribution in [0.4, 0.5) is 0 Å². The van der Waals surface area contributed by atoms with Crippen LogP contribution in [-0.2, 0) is 14.4 Å². The highest BCUT2D eigenvalue weighted by molar-refractivity contribution is 5.88. The van der Waals surface area contributed by atoms with E-state index in [0.29, 0.717) is 38.3 Å². The molecule has 0 spiro atoms. The molecule has 2 fully saturated rings. The maximum atomic E-state index is 13.1. The molecule has 0 radical (unpaired) electrons. The van der Waals surface area contributed by atoms with Gasteiger partial charge >= 0.3 is 5.97 Å². The van der Waals surface area contributed by atoms with E-state index < -0.39 is 17.9 Å². The quantitative estimate of drug-likeness (QED) is 0.831. The van der Waals surface area contributed by atoms with Crippen LogP contribution in [0, 0.1) is 17.8 Å². The molecule has 6 heteroatoms. The number of carboxylic acid groups (broad SMARTS) is 1. The molecule has 2 aliphatic heterocycles. The number of rotatable bonds is 5. The molecule has 2 aliphatic rings. The molecule has 2 amide bonds. The first-order valence-corrected chi connectivity index (χ1v) is 9.10. The molecule has 2 heterocycles. The van der Waals surface area contributed by atoms with Crippen LogP contribution in [0.1, 0.15) is 52.9 Å². The van der Waals surface area contributed by atoms with Crippen LogP contribution in [0.5, 0.6) is 0 Å². The van der Waals surface area contributed by atoms with Crippen LogP contribution in [0.25, 0.3) is 0 Å². The zero-order chi connectivity index (χ0) is 17.9. The molecule has 6 nitrogen and oxygen atoms in total. The molecular weight excluding hydrogens is 308 g/mol. The van der Waals surface area contributed by atoms with Gasteiger partial charge in [0.25, 0.3) is 0 Å². The summed E-state index contributed by atoms with van der Waals surface area (Å²) in [4.78, 5) is 40.2. The molecule has 136 valence electrons. The Kier molecular flexibility index (Phi) is 6.24. The molecule has 0 saturated carbocycles. The molecule has 2 rings (SSSR count). The van der Waals surface area contributed by atoms with Crippen LogP contribution in [0.2, 0.25) is 0 Å². The summed E-state index contributed by atoms with van der Waals surface area (Å²) in [5.41, 5.74) is 0. The van der Waals surface area contributed by atoms with Crippen molar-refractivity contribution < 1.29 is 19.5 Å². The Bertz CT molecular complexity index is 491. The van der Waals surface area contributed by atoms with E-state index in [-0.39, 0.29) is 24.3 Å². The third-order valence-corrected chi connectivity index (χ3v) is 5.04. The van der Waals surface area contributed by atoms with Crippen LogP contribution < -0.4 is 0 Å². The molecular formula is C18H30N2O4. The van der Waals surface area contributed by atoms with Crippen molar-refractivity contribution in [2.75, 3.05) is 19.6 Å². The van der Waals surface area contributed by atoms with Crippen LogP contribution >= 0.6 is 0 Å². The first-order valence-electron chi connectivity index (χ1n) is 9.10. The molecule has 0 aromatic rings. The Balaban J connectivity index is 2.16. The summed E-state index contributed by atoms with van der Waals surface area (Å²) in [6.45, 7) is 7.56. The summed E-state index contributed by atoms with van der Waals surface area (Å²) in [7, 11) is 0. The average molecular weight is 338 g/mol. The van der Waals surface area contributed by atoms with Gasteiger partial charge in [0.2, 0.25) is 11.8 Å². The van der Waals surface area contributed by atoms with E-state index in [1.54, 1.807) is 9.80 Å². The summed E-state index contributed by atoms with van der Waals surface area (Å²) in [6.07, 6.45) is 3.57. The average Bonchev–Trinajstić information content (AvgIpc) is 2.52. The van der Waals surface area contributed by atoms with Gasteiger partial charge in [-0.05, 0) is 37.5 Å². The minimum absolute atomic E-state index is 0.0556. The number of nitrogens with zero attached hydrogens (tertiary/aromatic N) is 2. The SMILES string of the molecule is CC(C)CC(C(=O)N1CC(C)CC(C(=O)O)C1)N1CCCCC1=O. The minimum atomic E-state index is -0.839. The molecule has 0 aliphatic carbocycles. The molecule has 1 N–H and O–H groups in total. The zero-order valence-electron chi connectivity index (χ0n) is 15.0. The standard InChI is InChI=1S/C18H30N2O4/c1-12(2)8-15(20-7-5-4-6-16(20)21)17(22)19-10-13(3)9-14(11-19)18(23)24/h12-15H,4-11H2,1-3H3,(H,23,24). The predicted molar refractivity (Wildman–Crippen MR) is 90.3 cm³/mol. The summed E-state index contributed by atoms with van der Waals surface area (Å²) in [5.74, 6) is -0.896. The van der Waals surface area contributed by atoms with Crippen molar-refractivity contribution >= 4 is 17.8 Å². The Labute approximate surface area is 144 Å². The van der Waals surface area contributed by atoms with E-state index >= 15 is 0 Å². The molecule has 3 unspecified atom stereocenters. The first kappa shape index (κ1) is 18.7. The predicted octanol–water partition coefficient (Wildman–Crippen LogP) is 1.98. The van der Waals surface area contributed by atoms with Gasteiger partial charge in [-0.25, -0.2) is 0 Å². The number of carboxylic acids is 1. The highest BCUT2D eigenvalue weighted by Gasteiger charge is 2.38. The zero-order valence-corrected chi connectivity index (χ0v) is 15.0. The van der Waals surface area contributed by atoms with Gasteiger partial charge in [0, 0.05) is 26.1 Å². The smallest absolute Gasteiger partial charge is 0.308 e. The fraction of sp³-hybridized carbons (Fsp3) is 0.833. The fourth-order valence-electron chi connectivity index (χ4n) is 3.89. The highest BCUT2D eigenvalue weighted by Crippen LogP contribution is 2.26. The van der Waals surface area contributed by atoms with Crippen molar-refractivity contribution in [2.24, 2.45) is 17.8 Å². The Morgan fingerprint density at radius 3 is 2.54 bits per heavy atom. The van der Waals surface area contributed by atoms with Crippen molar-refractivity contribution in [2.45, 2.75) is 58.9 Å². The number of amides is 2. The summed E-state index contributed by atoms with van der Waals surface area (Å²) >= 11 is 0. The van der Waals surface area contributed by atoms with Crippen molar-refractivity contribution in [3.05, 3.63) is 0 Å². The largest absolute Gasteiger partial charge is 0.481 e. The van der Waals surface area contributed by atoms with Gasteiger partial charge in [0.05, 0.1) is 5.92 Å². The lowest BCUT2D eigenvalue weighted by Gasteiger charge is -2.41. The third-order valence-electron chi connectivity index (χ3n) is 5.04. The van der Waals surface area contributed by atoms with Gasteiger partial charge in [-0.3, -0.25) is 14.4 Å². The summed E-state index contributed by atoms with van der Waals surface area (Å²) in [5, 5.41) is 9.33. The molecule has 24 heavy (non-hydrogen) atoms. The van der Waals surface area contributed by atoms with Crippen LogP contribution in [0.3, 0.4) is 0 Å². The number of hydrogen-bond acceptors (Lipinski definition) is 3. The lowest BCUT2D eigenvalue weighted by atomic mass is 9.89. The van der Waals surface area contributed by atoms with Crippen molar-refractivity contribution in [1.82, 2.24) is 9.80 Å². The van der Waals surface area contributed by atoms with E-state index in [4.69, 9.17) is 0 Å². The second-order valence-electron chi connectivity index (χ2n) is 7.81. The molecule has 0 aromatic heterocycles. The molecule has 3 atom stereocenters. The minimum Gasteiger partial charge on any atom is -0.481 e. The lowest BCUT2D eigenvalue weighted by Crippen LogP contribution is -2.56. The first-order chi connectivity index (χ1) is 11.3. The van der Waals surface area contributed by atoms with Crippen molar-refractivity contribution in [3.63, 3.8) is 0 Å². The maximum Gasteiger partial charge on any atom is 0.308 e. The number of piperidine rings is 2. The summed E-state index contributed by atoms with van der Waals surface area (Å²) in [6, 6.07) is -0.447. The van der Waals surface area contributed by atoms with E-state index in [2.05, 4.69) is 0 Å². The van der Waals surface area contributed by atoms with Crippen LogP contribution in [-0.4, -0.2) is 58.4 Å². The Morgan fingerprint density at radius 2 is 1.96 bits per heavy atom. The Hall–Kier alpha value is -1.59. The fourth-order valence-corrected chi connectivity index (χ4v) is 3.89. The second kappa shape index (κ2) is 7.99. The van der Waals surface area contributed by atoms with Gasteiger partial charge < -0.3 is 14.9 Å². The lowest BCUT2D eigenvalue weighted by molar-refractivity contribution is -0.153. The van der Waals surface area contributed by atoms with E-state index in [9.17, 15) is 19.5 Å². The van der Waals surface area contributed by atoms with Gasteiger partial charge in [0.15, 0.2) is 0 Å². The Morgan fingerprint density at radius 1 is 1.25 bits per heavy atom. The van der Waals surface area contributed by atoms with Gasteiger partial charge in [-0.1, -0.05) is 20.8 Å². The number of aliphatic carboxylic acids is 1. The van der Waals surface area contributed by atoms with Crippen molar-refractivity contribution in [1.29, 1.82) is 0 Å². The van der Waals surface area contributed by atoms with E-state index in [1.807, 2.05) is 20.8 Å². The monoisotopic (exact) mass is 338 g/mol. The van der Waals surface area contributed by atoms with Crippen LogP contribution in [0.15, 0.2) is 0 Å². The number of likely N-dealkylation sites (tertiary alicyclic amines) is 2. The number of carbonyl (C=O) groups excluding carboxylic acids is 2.